The van der Waals surface area contributed by atoms with Gasteiger partial charge in [-0.3, -0.25) is 4.40 Å². The van der Waals surface area contributed by atoms with Gasteiger partial charge in [-0.15, -0.1) is 10.2 Å². The van der Waals surface area contributed by atoms with E-state index in [0.29, 0.717) is 5.25 Å². The molecule has 4 nitrogen and oxygen atoms in total. The first-order valence-corrected chi connectivity index (χ1v) is 6.43. The summed E-state index contributed by atoms with van der Waals surface area (Å²) < 4.78 is 7.23. The van der Waals surface area contributed by atoms with Crippen molar-refractivity contribution in [1.82, 2.24) is 14.6 Å². The lowest BCUT2D eigenvalue weighted by molar-refractivity contribution is 0.414. The Morgan fingerprint density at radius 3 is 3.19 bits per heavy atom. The molecular formula is C11H13N3OS. The van der Waals surface area contributed by atoms with E-state index in [1.165, 1.54) is 18.6 Å². The first kappa shape index (κ1) is 9.96. The Labute approximate surface area is 98.0 Å². The van der Waals surface area contributed by atoms with E-state index in [9.17, 15) is 0 Å². The van der Waals surface area contributed by atoms with Gasteiger partial charge in [0, 0.05) is 12.3 Å². The van der Waals surface area contributed by atoms with Gasteiger partial charge in [0.15, 0.2) is 11.5 Å². The molecule has 0 N–H and O–H groups in total. The van der Waals surface area contributed by atoms with Gasteiger partial charge in [0.1, 0.15) is 5.75 Å². The van der Waals surface area contributed by atoms with E-state index < -0.39 is 0 Å². The molecule has 1 saturated heterocycles. The molecule has 0 aliphatic carbocycles. The van der Waals surface area contributed by atoms with Crippen molar-refractivity contribution in [3.05, 3.63) is 24.2 Å². The monoisotopic (exact) mass is 235 g/mol. The molecule has 1 fully saturated rings. The standard InChI is InChI=1S/C11H13N3OS/c1-15-8-4-5-14-10(7-8)12-13-11(14)9-3-2-6-16-9/h4-5,7,9H,2-3,6H2,1H3. The fraction of sp³-hybridized carbons (Fsp3) is 0.455. The zero-order chi connectivity index (χ0) is 11.0. The SMILES string of the molecule is COc1ccn2c(C3CCCS3)nnc2c1. The Bertz CT molecular complexity index is 505. The Morgan fingerprint density at radius 1 is 1.50 bits per heavy atom. The number of nitrogens with zero attached hydrogens (tertiary/aromatic N) is 3. The third kappa shape index (κ3) is 1.55. The minimum Gasteiger partial charge on any atom is -0.497 e. The number of pyridine rings is 1. The maximum Gasteiger partial charge on any atom is 0.164 e. The highest BCUT2D eigenvalue weighted by Gasteiger charge is 2.22. The quantitative estimate of drug-likeness (QED) is 0.800. The molecule has 5 heteroatoms. The summed E-state index contributed by atoms with van der Waals surface area (Å²) >= 11 is 1.97. The Morgan fingerprint density at radius 2 is 2.44 bits per heavy atom. The van der Waals surface area contributed by atoms with E-state index >= 15 is 0 Å². The lowest BCUT2D eigenvalue weighted by atomic mass is 10.2. The van der Waals surface area contributed by atoms with Gasteiger partial charge in [-0.05, 0) is 24.7 Å². The zero-order valence-electron chi connectivity index (χ0n) is 9.09. The van der Waals surface area contributed by atoms with E-state index in [1.807, 2.05) is 30.1 Å². The fourth-order valence-corrected chi connectivity index (χ4v) is 3.28. The number of rotatable bonds is 2. The summed E-state index contributed by atoms with van der Waals surface area (Å²) in [6.07, 6.45) is 4.47. The molecule has 0 saturated carbocycles. The number of hydrogen-bond donors (Lipinski definition) is 0. The third-order valence-corrected chi connectivity index (χ3v) is 4.23. The van der Waals surface area contributed by atoms with Crippen LogP contribution in [0.4, 0.5) is 0 Å². The summed E-state index contributed by atoms with van der Waals surface area (Å²) in [5.74, 6) is 3.13. The average molecular weight is 235 g/mol. The molecule has 0 aromatic carbocycles. The van der Waals surface area contributed by atoms with Crippen LogP contribution in [0.25, 0.3) is 5.65 Å². The van der Waals surface area contributed by atoms with E-state index in [2.05, 4.69) is 14.6 Å². The van der Waals surface area contributed by atoms with Crippen LogP contribution in [0.3, 0.4) is 0 Å². The smallest absolute Gasteiger partial charge is 0.164 e. The summed E-state index contributed by atoms with van der Waals surface area (Å²) in [6, 6.07) is 3.86. The van der Waals surface area contributed by atoms with Gasteiger partial charge in [0.05, 0.1) is 12.4 Å². The fourth-order valence-electron chi connectivity index (χ4n) is 2.02. The van der Waals surface area contributed by atoms with Gasteiger partial charge >= 0.3 is 0 Å². The molecule has 1 unspecified atom stereocenters. The van der Waals surface area contributed by atoms with Crippen molar-refractivity contribution in [3.63, 3.8) is 0 Å². The van der Waals surface area contributed by atoms with E-state index in [0.717, 1.165) is 17.2 Å². The molecule has 1 aliphatic rings. The number of aromatic nitrogens is 3. The summed E-state index contributed by atoms with van der Waals surface area (Å²) in [5, 5.41) is 8.98. The molecule has 84 valence electrons. The van der Waals surface area contributed by atoms with Crippen LogP contribution in [0.5, 0.6) is 5.75 Å². The Hall–Kier alpha value is -1.23. The summed E-state index contributed by atoms with van der Waals surface area (Å²) in [4.78, 5) is 0. The van der Waals surface area contributed by atoms with Crippen molar-refractivity contribution >= 4 is 17.4 Å². The number of ether oxygens (including phenoxy) is 1. The minimum atomic E-state index is 0.503. The number of methoxy groups -OCH3 is 1. The highest BCUT2D eigenvalue weighted by Crippen LogP contribution is 2.38. The van der Waals surface area contributed by atoms with Crippen LogP contribution in [0.1, 0.15) is 23.9 Å². The Kier molecular flexibility index (Phi) is 2.47. The van der Waals surface area contributed by atoms with Crippen LogP contribution in [0, 0.1) is 0 Å². The molecular weight excluding hydrogens is 222 g/mol. The molecule has 2 aromatic rings. The van der Waals surface area contributed by atoms with Crippen molar-refractivity contribution in [2.75, 3.05) is 12.9 Å². The molecule has 16 heavy (non-hydrogen) atoms. The van der Waals surface area contributed by atoms with Crippen LogP contribution in [0.15, 0.2) is 18.3 Å². The third-order valence-electron chi connectivity index (χ3n) is 2.86. The zero-order valence-corrected chi connectivity index (χ0v) is 9.91. The van der Waals surface area contributed by atoms with Crippen LogP contribution in [-0.4, -0.2) is 27.5 Å². The lowest BCUT2D eigenvalue weighted by Crippen LogP contribution is -1.97. The number of hydrogen-bond acceptors (Lipinski definition) is 4. The highest BCUT2D eigenvalue weighted by molar-refractivity contribution is 7.99. The second-order valence-corrected chi connectivity index (χ2v) is 5.17. The first-order chi connectivity index (χ1) is 7.88. The Balaban J connectivity index is 2.06. The molecule has 0 amide bonds. The molecule has 3 rings (SSSR count). The summed E-state index contributed by atoms with van der Waals surface area (Å²) in [5.41, 5.74) is 0.863. The van der Waals surface area contributed by atoms with Crippen molar-refractivity contribution in [2.24, 2.45) is 0 Å². The molecule has 1 atom stereocenters. The molecule has 1 aliphatic heterocycles. The predicted octanol–water partition coefficient (Wildman–Crippen LogP) is 2.31. The van der Waals surface area contributed by atoms with E-state index in [4.69, 9.17) is 4.74 Å². The number of fused-ring (bicyclic) bond motifs is 1. The second-order valence-electron chi connectivity index (χ2n) is 3.85. The largest absolute Gasteiger partial charge is 0.497 e. The van der Waals surface area contributed by atoms with Gasteiger partial charge in [0.2, 0.25) is 0 Å². The lowest BCUT2D eigenvalue weighted by Gasteiger charge is -2.06. The maximum atomic E-state index is 5.17. The topological polar surface area (TPSA) is 39.4 Å². The van der Waals surface area contributed by atoms with E-state index in [1.54, 1.807) is 7.11 Å². The van der Waals surface area contributed by atoms with Crippen molar-refractivity contribution in [3.8, 4) is 5.75 Å². The van der Waals surface area contributed by atoms with Crippen LogP contribution >= 0.6 is 11.8 Å². The second kappa shape index (κ2) is 3.97. The minimum absolute atomic E-state index is 0.503. The van der Waals surface area contributed by atoms with Crippen LogP contribution in [-0.2, 0) is 0 Å². The van der Waals surface area contributed by atoms with Crippen molar-refractivity contribution in [2.45, 2.75) is 18.1 Å². The molecule has 3 heterocycles. The predicted molar refractivity (Wildman–Crippen MR) is 64.0 cm³/mol. The van der Waals surface area contributed by atoms with Crippen LogP contribution in [0.2, 0.25) is 0 Å². The molecule has 0 spiro atoms. The van der Waals surface area contributed by atoms with Gasteiger partial charge < -0.3 is 4.74 Å². The van der Waals surface area contributed by atoms with Gasteiger partial charge in [-0.2, -0.15) is 11.8 Å². The highest BCUT2D eigenvalue weighted by atomic mass is 32.2. The average Bonchev–Trinajstić information content (AvgIpc) is 2.96. The molecule has 0 bridgehead atoms. The van der Waals surface area contributed by atoms with Gasteiger partial charge in [-0.25, -0.2) is 0 Å². The normalized spacial score (nSPS) is 20.4. The molecule has 0 radical (unpaired) electrons. The maximum absolute atomic E-state index is 5.17. The van der Waals surface area contributed by atoms with Gasteiger partial charge in [-0.1, -0.05) is 0 Å². The van der Waals surface area contributed by atoms with Crippen molar-refractivity contribution in [1.29, 1.82) is 0 Å². The van der Waals surface area contributed by atoms with Crippen molar-refractivity contribution < 1.29 is 4.74 Å². The van der Waals surface area contributed by atoms with E-state index in [-0.39, 0.29) is 0 Å². The van der Waals surface area contributed by atoms with Gasteiger partial charge in [0.25, 0.3) is 0 Å². The van der Waals surface area contributed by atoms with Crippen LogP contribution < -0.4 is 4.74 Å². The summed E-state index contributed by atoms with van der Waals surface area (Å²) in [6.45, 7) is 0. The number of thioether (sulfide) groups is 1. The summed E-state index contributed by atoms with van der Waals surface area (Å²) in [7, 11) is 1.66. The molecule has 2 aromatic heterocycles. The first-order valence-electron chi connectivity index (χ1n) is 5.39.